The van der Waals surface area contributed by atoms with Gasteiger partial charge in [0.05, 0.1) is 0 Å². The van der Waals surface area contributed by atoms with E-state index in [2.05, 4.69) is 52.3 Å². The first kappa shape index (κ1) is 8.97. The minimum absolute atomic E-state index is 0.304. The van der Waals surface area contributed by atoms with E-state index in [-0.39, 0.29) is 4.51 Å². The van der Waals surface area contributed by atoms with Crippen molar-refractivity contribution in [1.82, 2.24) is 0 Å². The molecule has 1 aromatic carbocycles. The van der Waals surface area contributed by atoms with E-state index in [0.29, 0.717) is 0 Å². The Morgan fingerprint density at radius 1 is 1.38 bits per heavy atom. The van der Waals surface area contributed by atoms with Crippen LogP contribution < -0.4 is 0 Å². The van der Waals surface area contributed by atoms with Gasteiger partial charge in [0.1, 0.15) is 4.51 Å². The molecule has 0 saturated heterocycles. The van der Waals surface area contributed by atoms with Crippen LogP contribution in [0.1, 0.15) is 11.1 Å². The monoisotopic (exact) mass is 238 g/mol. The van der Waals surface area contributed by atoms with E-state index in [9.17, 15) is 0 Å². The standard InChI is InChI=1S/C11H11BrO/c1-13-11(12)7-6-9-4-2-3-5-10(9)8-11/h2-7H,8H2,1H3. The van der Waals surface area contributed by atoms with Crippen molar-refractivity contribution in [2.45, 2.75) is 10.9 Å². The van der Waals surface area contributed by atoms with Crippen LogP contribution in [-0.2, 0) is 11.2 Å². The zero-order chi connectivity index (χ0) is 9.31. The van der Waals surface area contributed by atoms with Crippen molar-refractivity contribution >= 4 is 22.0 Å². The second kappa shape index (κ2) is 3.28. The Labute approximate surface area is 86.5 Å². The van der Waals surface area contributed by atoms with Gasteiger partial charge in [-0.05, 0) is 33.1 Å². The molecule has 0 saturated carbocycles. The van der Waals surface area contributed by atoms with E-state index in [1.54, 1.807) is 7.11 Å². The van der Waals surface area contributed by atoms with Crippen LogP contribution in [-0.4, -0.2) is 11.6 Å². The number of fused-ring (bicyclic) bond motifs is 1. The number of hydrogen-bond donors (Lipinski definition) is 0. The van der Waals surface area contributed by atoms with Crippen molar-refractivity contribution in [3.63, 3.8) is 0 Å². The summed E-state index contributed by atoms with van der Waals surface area (Å²) in [5.41, 5.74) is 2.61. The van der Waals surface area contributed by atoms with Crippen molar-refractivity contribution < 1.29 is 4.74 Å². The Morgan fingerprint density at radius 2 is 2.15 bits per heavy atom. The van der Waals surface area contributed by atoms with Crippen LogP contribution in [0.2, 0.25) is 0 Å². The lowest BCUT2D eigenvalue weighted by atomic mass is 9.96. The molecule has 2 rings (SSSR count). The summed E-state index contributed by atoms with van der Waals surface area (Å²) in [7, 11) is 1.72. The third-order valence-corrected chi connectivity index (χ3v) is 3.21. The van der Waals surface area contributed by atoms with E-state index in [0.717, 1.165) is 6.42 Å². The molecule has 13 heavy (non-hydrogen) atoms. The molecule has 0 aliphatic heterocycles. The van der Waals surface area contributed by atoms with Gasteiger partial charge in [-0.3, -0.25) is 0 Å². The summed E-state index contributed by atoms with van der Waals surface area (Å²) in [4.78, 5) is 0. The average Bonchev–Trinajstić information content (AvgIpc) is 2.18. The number of halogens is 1. The number of ether oxygens (including phenoxy) is 1. The molecule has 0 aromatic heterocycles. The Morgan fingerprint density at radius 3 is 2.92 bits per heavy atom. The lowest BCUT2D eigenvalue weighted by molar-refractivity contribution is 0.117. The third kappa shape index (κ3) is 1.69. The molecule has 0 N–H and O–H groups in total. The predicted octanol–water partition coefficient (Wildman–Crippen LogP) is 2.99. The molecule has 0 amide bonds. The van der Waals surface area contributed by atoms with Crippen molar-refractivity contribution in [1.29, 1.82) is 0 Å². The van der Waals surface area contributed by atoms with Gasteiger partial charge in [-0.25, -0.2) is 0 Å². The molecular formula is C11H11BrO. The summed E-state index contributed by atoms with van der Waals surface area (Å²) < 4.78 is 5.06. The molecule has 0 bridgehead atoms. The van der Waals surface area contributed by atoms with Gasteiger partial charge in [0.2, 0.25) is 0 Å². The molecule has 1 aliphatic carbocycles. The zero-order valence-electron chi connectivity index (χ0n) is 7.46. The summed E-state index contributed by atoms with van der Waals surface area (Å²) in [6.45, 7) is 0. The molecule has 0 radical (unpaired) electrons. The number of methoxy groups -OCH3 is 1. The lowest BCUT2D eigenvalue weighted by Gasteiger charge is -2.26. The molecular weight excluding hydrogens is 228 g/mol. The van der Waals surface area contributed by atoms with Crippen LogP contribution in [0.4, 0.5) is 0 Å². The maximum absolute atomic E-state index is 5.37. The van der Waals surface area contributed by atoms with Crippen LogP contribution >= 0.6 is 15.9 Å². The highest BCUT2D eigenvalue weighted by Crippen LogP contribution is 2.32. The topological polar surface area (TPSA) is 9.23 Å². The zero-order valence-corrected chi connectivity index (χ0v) is 9.04. The van der Waals surface area contributed by atoms with Gasteiger partial charge in [-0.15, -0.1) is 0 Å². The SMILES string of the molecule is COC1(Br)C=Cc2ccccc2C1. The van der Waals surface area contributed by atoms with Gasteiger partial charge in [0.25, 0.3) is 0 Å². The van der Waals surface area contributed by atoms with Crippen molar-refractivity contribution in [3.8, 4) is 0 Å². The molecule has 1 nitrogen and oxygen atoms in total. The van der Waals surface area contributed by atoms with E-state index in [1.165, 1.54) is 11.1 Å². The second-order valence-corrected chi connectivity index (χ2v) is 4.54. The molecule has 2 heteroatoms. The quantitative estimate of drug-likeness (QED) is 0.684. The van der Waals surface area contributed by atoms with E-state index < -0.39 is 0 Å². The van der Waals surface area contributed by atoms with Crippen LogP contribution in [0.25, 0.3) is 6.08 Å². The first-order valence-corrected chi connectivity index (χ1v) is 5.04. The number of hydrogen-bond acceptors (Lipinski definition) is 1. The number of rotatable bonds is 1. The Kier molecular flexibility index (Phi) is 2.26. The van der Waals surface area contributed by atoms with E-state index in [4.69, 9.17) is 4.74 Å². The minimum Gasteiger partial charge on any atom is -0.363 e. The van der Waals surface area contributed by atoms with Gasteiger partial charge < -0.3 is 4.74 Å². The Balaban J connectivity index is 2.39. The summed E-state index contributed by atoms with van der Waals surface area (Å²) >= 11 is 3.56. The van der Waals surface area contributed by atoms with Gasteiger partial charge in [-0.2, -0.15) is 0 Å². The van der Waals surface area contributed by atoms with E-state index in [1.807, 2.05) is 0 Å². The smallest absolute Gasteiger partial charge is 0.145 e. The number of alkyl halides is 1. The molecule has 0 fully saturated rings. The Bertz CT molecular complexity index is 346. The summed E-state index contributed by atoms with van der Waals surface area (Å²) in [5.74, 6) is 0. The fraction of sp³-hybridized carbons (Fsp3) is 0.273. The third-order valence-electron chi connectivity index (χ3n) is 2.34. The average molecular weight is 239 g/mol. The van der Waals surface area contributed by atoms with Crippen molar-refractivity contribution in [2.75, 3.05) is 7.11 Å². The summed E-state index contributed by atoms with van der Waals surface area (Å²) in [6, 6.07) is 8.36. The fourth-order valence-electron chi connectivity index (χ4n) is 1.53. The van der Waals surface area contributed by atoms with Crippen LogP contribution in [0.5, 0.6) is 0 Å². The highest BCUT2D eigenvalue weighted by atomic mass is 79.9. The van der Waals surface area contributed by atoms with Gasteiger partial charge in [0.15, 0.2) is 0 Å². The van der Waals surface area contributed by atoms with Gasteiger partial charge in [0, 0.05) is 13.5 Å². The van der Waals surface area contributed by atoms with Crippen LogP contribution in [0, 0.1) is 0 Å². The highest BCUT2D eigenvalue weighted by molar-refractivity contribution is 9.10. The molecule has 0 heterocycles. The molecule has 68 valence electrons. The summed E-state index contributed by atoms with van der Waals surface area (Å²) in [6.07, 6.45) is 5.03. The minimum atomic E-state index is -0.304. The fourth-order valence-corrected chi connectivity index (χ4v) is 1.97. The second-order valence-electron chi connectivity index (χ2n) is 3.20. The molecule has 1 unspecified atom stereocenters. The van der Waals surface area contributed by atoms with Crippen LogP contribution in [0.15, 0.2) is 30.3 Å². The molecule has 0 spiro atoms. The highest BCUT2D eigenvalue weighted by Gasteiger charge is 2.26. The van der Waals surface area contributed by atoms with Crippen LogP contribution in [0.3, 0.4) is 0 Å². The molecule has 1 aliphatic rings. The van der Waals surface area contributed by atoms with E-state index >= 15 is 0 Å². The van der Waals surface area contributed by atoms with Crippen molar-refractivity contribution in [2.24, 2.45) is 0 Å². The normalized spacial score (nSPS) is 25.7. The number of benzene rings is 1. The summed E-state index contributed by atoms with van der Waals surface area (Å²) in [5, 5.41) is 0. The maximum Gasteiger partial charge on any atom is 0.145 e. The van der Waals surface area contributed by atoms with Gasteiger partial charge in [-0.1, -0.05) is 30.3 Å². The largest absolute Gasteiger partial charge is 0.363 e. The first-order valence-electron chi connectivity index (χ1n) is 4.25. The maximum atomic E-state index is 5.37. The first-order chi connectivity index (χ1) is 6.23. The Hall–Kier alpha value is -0.600. The van der Waals surface area contributed by atoms with Gasteiger partial charge >= 0.3 is 0 Å². The predicted molar refractivity (Wildman–Crippen MR) is 57.8 cm³/mol. The molecule has 1 atom stereocenters. The molecule has 1 aromatic rings. The van der Waals surface area contributed by atoms with Crippen molar-refractivity contribution in [3.05, 3.63) is 41.5 Å². The lowest BCUT2D eigenvalue weighted by Crippen LogP contribution is -2.25.